The van der Waals surface area contributed by atoms with Gasteiger partial charge in [0, 0.05) is 30.9 Å². The van der Waals surface area contributed by atoms with E-state index in [0.717, 1.165) is 62.2 Å². The molecule has 2 N–H and O–H groups in total. The van der Waals surface area contributed by atoms with Crippen LogP contribution < -0.4 is 10.6 Å². The van der Waals surface area contributed by atoms with Crippen molar-refractivity contribution in [3.8, 4) is 0 Å². The zero-order chi connectivity index (χ0) is 14.7. The second-order valence-corrected chi connectivity index (χ2v) is 6.02. The quantitative estimate of drug-likeness (QED) is 0.870. The maximum atomic E-state index is 12.5. The molecule has 0 radical (unpaired) electrons. The molecule has 0 saturated carbocycles. The molecule has 1 aromatic rings. The largest absolute Gasteiger partial charge is 0.398 e. The topological polar surface area (TPSA) is 55.6 Å². The molecule has 2 aliphatic heterocycles. The summed E-state index contributed by atoms with van der Waals surface area (Å²) in [5.41, 5.74) is 8.98. The molecule has 1 atom stereocenters. The molecule has 0 aromatic heterocycles. The first kappa shape index (κ1) is 14.4. The zero-order valence-corrected chi connectivity index (χ0v) is 12.5. The van der Waals surface area contributed by atoms with Gasteiger partial charge in [-0.2, -0.15) is 0 Å². The third kappa shape index (κ3) is 3.21. The summed E-state index contributed by atoms with van der Waals surface area (Å²) >= 11 is 0. The number of fused-ring (bicyclic) bond motifs is 1. The van der Waals surface area contributed by atoms with Crippen LogP contribution in [0.1, 0.15) is 44.1 Å². The first-order chi connectivity index (χ1) is 10.3. The van der Waals surface area contributed by atoms with E-state index in [1.54, 1.807) is 0 Å². The molecule has 2 aliphatic rings. The summed E-state index contributed by atoms with van der Waals surface area (Å²) < 4.78 is 5.71. The number of anilines is 2. The van der Waals surface area contributed by atoms with E-state index in [4.69, 9.17) is 10.5 Å². The van der Waals surface area contributed by atoms with Crippen molar-refractivity contribution >= 4 is 17.3 Å². The van der Waals surface area contributed by atoms with E-state index in [0.29, 0.717) is 6.42 Å². The minimum atomic E-state index is 0.204. The van der Waals surface area contributed by atoms with E-state index in [-0.39, 0.29) is 12.0 Å². The minimum Gasteiger partial charge on any atom is -0.398 e. The Kier molecular flexibility index (Phi) is 4.44. The van der Waals surface area contributed by atoms with Crippen molar-refractivity contribution in [3.63, 3.8) is 0 Å². The first-order valence-electron chi connectivity index (χ1n) is 8.05. The minimum absolute atomic E-state index is 0.204. The lowest BCUT2D eigenvalue weighted by molar-refractivity contribution is -0.119. The summed E-state index contributed by atoms with van der Waals surface area (Å²) in [4.78, 5) is 14.5. The molecule has 21 heavy (non-hydrogen) atoms. The van der Waals surface area contributed by atoms with Crippen LogP contribution in [0.2, 0.25) is 0 Å². The Hall–Kier alpha value is -1.55. The third-order valence-electron chi connectivity index (χ3n) is 4.54. The van der Waals surface area contributed by atoms with Crippen molar-refractivity contribution < 1.29 is 9.53 Å². The summed E-state index contributed by atoms with van der Waals surface area (Å²) in [6, 6.07) is 5.87. The maximum Gasteiger partial charge on any atom is 0.227 e. The number of amides is 1. The Morgan fingerprint density at radius 2 is 2.24 bits per heavy atom. The summed E-state index contributed by atoms with van der Waals surface area (Å²) in [5.74, 6) is 0.204. The van der Waals surface area contributed by atoms with Gasteiger partial charge in [0.2, 0.25) is 5.91 Å². The molecule has 0 spiro atoms. The molecule has 2 heterocycles. The van der Waals surface area contributed by atoms with E-state index < -0.39 is 0 Å². The number of carbonyl (C=O) groups excluding carboxylic acids is 1. The second kappa shape index (κ2) is 6.48. The van der Waals surface area contributed by atoms with Gasteiger partial charge < -0.3 is 15.4 Å². The number of nitrogen functional groups attached to an aromatic ring is 1. The van der Waals surface area contributed by atoms with Crippen LogP contribution in [0, 0.1) is 0 Å². The number of carbonyl (C=O) groups is 1. The Labute approximate surface area is 126 Å². The van der Waals surface area contributed by atoms with Gasteiger partial charge in [-0.3, -0.25) is 4.79 Å². The van der Waals surface area contributed by atoms with Gasteiger partial charge in [-0.1, -0.05) is 6.07 Å². The van der Waals surface area contributed by atoms with Gasteiger partial charge in [-0.25, -0.2) is 0 Å². The van der Waals surface area contributed by atoms with Crippen LogP contribution in [0.3, 0.4) is 0 Å². The normalized spacial score (nSPS) is 21.9. The van der Waals surface area contributed by atoms with Crippen molar-refractivity contribution in [2.45, 2.75) is 51.0 Å². The first-order valence-corrected chi connectivity index (χ1v) is 8.05. The third-order valence-corrected chi connectivity index (χ3v) is 4.54. The van der Waals surface area contributed by atoms with Crippen LogP contribution in [0.5, 0.6) is 0 Å². The molecule has 114 valence electrons. The standard InChI is InChI=1S/C17H24N2O2/c18-15-7-3-8-16-14(15)6-4-11-19(16)17(20)10-9-13-5-1-2-12-21-13/h3,7-8,13H,1-2,4-6,9-12,18H2. The highest BCUT2D eigenvalue weighted by atomic mass is 16.5. The van der Waals surface area contributed by atoms with Crippen molar-refractivity contribution in [1.82, 2.24) is 0 Å². The summed E-state index contributed by atoms with van der Waals surface area (Å²) in [7, 11) is 0. The second-order valence-electron chi connectivity index (χ2n) is 6.02. The average molecular weight is 288 g/mol. The highest BCUT2D eigenvalue weighted by molar-refractivity contribution is 5.95. The fourth-order valence-electron chi connectivity index (χ4n) is 3.37. The highest BCUT2D eigenvalue weighted by Crippen LogP contribution is 2.32. The molecule has 0 aliphatic carbocycles. The van der Waals surface area contributed by atoms with Gasteiger partial charge in [0.1, 0.15) is 0 Å². The van der Waals surface area contributed by atoms with Gasteiger partial charge in [0.05, 0.1) is 6.10 Å². The lowest BCUT2D eigenvalue weighted by atomic mass is 9.98. The van der Waals surface area contributed by atoms with Crippen LogP contribution >= 0.6 is 0 Å². The molecule has 1 unspecified atom stereocenters. The molecular formula is C17H24N2O2. The Morgan fingerprint density at radius 1 is 1.33 bits per heavy atom. The van der Waals surface area contributed by atoms with E-state index >= 15 is 0 Å². The summed E-state index contributed by atoms with van der Waals surface area (Å²) in [5, 5.41) is 0. The smallest absolute Gasteiger partial charge is 0.227 e. The Morgan fingerprint density at radius 3 is 3.05 bits per heavy atom. The number of hydrogen-bond donors (Lipinski definition) is 1. The van der Waals surface area contributed by atoms with Crippen LogP contribution in [0.4, 0.5) is 11.4 Å². The van der Waals surface area contributed by atoms with Crippen molar-refractivity contribution in [2.24, 2.45) is 0 Å². The molecule has 4 heteroatoms. The molecule has 4 nitrogen and oxygen atoms in total. The van der Waals surface area contributed by atoms with Gasteiger partial charge in [0.25, 0.3) is 0 Å². The van der Waals surface area contributed by atoms with Crippen LogP contribution in [-0.2, 0) is 16.0 Å². The van der Waals surface area contributed by atoms with Crippen LogP contribution in [0.15, 0.2) is 18.2 Å². The number of ether oxygens (including phenoxy) is 1. The predicted octanol–water partition coefficient (Wildman–Crippen LogP) is 2.90. The molecular weight excluding hydrogens is 264 g/mol. The number of benzene rings is 1. The zero-order valence-electron chi connectivity index (χ0n) is 12.5. The lowest BCUT2D eigenvalue weighted by Gasteiger charge is -2.31. The van der Waals surface area contributed by atoms with E-state index in [1.165, 1.54) is 6.42 Å². The van der Waals surface area contributed by atoms with Crippen LogP contribution in [-0.4, -0.2) is 25.2 Å². The summed E-state index contributed by atoms with van der Waals surface area (Å²) in [6.45, 7) is 1.66. The molecule has 0 bridgehead atoms. The lowest BCUT2D eigenvalue weighted by Crippen LogP contribution is -2.36. The van der Waals surface area contributed by atoms with Crippen LogP contribution in [0.25, 0.3) is 0 Å². The molecule has 3 rings (SSSR count). The molecule has 1 saturated heterocycles. The predicted molar refractivity (Wildman–Crippen MR) is 84.4 cm³/mol. The fourth-order valence-corrected chi connectivity index (χ4v) is 3.37. The van der Waals surface area contributed by atoms with Crippen molar-refractivity contribution in [3.05, 3.63) is 23.8 Å². The number of nitrogens with two attached hydrogens (primary N) is 1. The van der Waals surface area contributed by atoms with Crippen molar-refractivity contribution in [1.29, 1.82) is 0 Å². The monoisotopic (exact) mass is 288 g/mol. The molecule has 1 amide bonds. The van der Waals surface area contributed by atoms with E-state index in [2.05, 4.69) is 0 Å². The van der Waals surface area contributed by atoms with Gasteiger partial charge >= 0.3 is 0 Å². The summed E-state index contributed by atoms with van der Waals surface area (Å²) in [6.07, 6.45) is 7.12. The maximum absolute atomic E-state index is 12.5. The fraction of sp³-hybridized carbons (Fsp3) is 0.588. The average Bonchev–Trinajstić information content (AvgIpc) is 2.53. The van der Waals surface area contributed by atoms with Gasteiger partial charge in [0.15, 0.2) is 0 Å². The molecule has 1 fully saturated rings. The number of rotatable bonds is 3. The van der Waals surface area contributed by atoms with E-state index in [1.807, 2.05) is 23.1 Å². The number of hydrogen-bond acceptors (Lipinski definition) is 3. The van der Waals surface area contributed by atoms with Gasteiger partial charge in [-0.05, 0) is 56.2 Å². The Bertz CT molecular complexity index is 510. The SMILES string of the molecule is Nc1cccc2c1CCCN2C(=O)CCC1CCCCO1. The number of nitrogens with zero attached hydrogens (tertiary/aromatic N) is 1. The Balaban J connectivity index is 1.64. The highest BCUT2D eigenvalue weighted by Gasteiger charge is 2.24. The molecule has 1 aromatic carbocycles. The van der Waals surface area contributed by atoms with Gasteiger partial charge in [-0.15, -0.1) is 0 Å². The van der Waals surface area contributed by atoms with Crippen molar-refractivity contribution in [2.75, 3.05) is 23.8 Å². The van der Waals surface area contributed by atoms with E-state index in [9.17, 15) is 4.79 Å².